The number of Topliss-reactive ketones (excluding diaryl/α,β-unsaturated/α-hetero) is 1. The number of hydrogen-bond acceptors (Lipinski definition) is 2. The highest BCUT2D eigenvalue weighted by molar-refractivity contribution is 6.08. The van der Waals surface area contributed by atoms with Crippen LogP contribution in [0.1, 0.15) is 22.8 Å². The third-order valence-corrected chi connectivity index (χ3v) is 2.60. The lowest BCUT2D eigenvalue weighted by Gasteiger charge is -2.08. The first kappa shape index (κ1) is 10.6. The molecule has 0 bridgehead atoms. The van der Waals surface area contributed by atoms with Gasteiger partial charge in [-0.1, -0.05) is 6.07 Å². The average molecular weight is 218 g/mol. The summed E-state index contributed by atoms with van der Waals surface area (Å²) < 4.78 is 13.6. The molecule has 82 valence electrons. The molecule has 2 nitrogen and oxygen atoms in total. The van der Waals surface area contributed by atoms with Crippen molar-refractivity contribution in [2.24, 2.45) is 0 Å². The van der Waals surface area contributed by atoms with Gasteiger partial charge < -0.3 is 5.11 Å². The molecule has 0 aliphatic rings. The van der Waals surface area contributed by atoms with Gasteiger partial charge in [0.1, 0.15) is 11.6 Å². The lowest BCUT2D eigenvalue weighted by Crippen LogP contribution is -1.99. The Labute approximate surface area is 92.3 Å². The van der Waals surface area contributed by atoms with Crippen LogP contribution < -0.4 is 0 Å². The Morgan fingerprint density at radius 2 is 2.00 bits per heavy atom. The predicted octanol–water partition coefficient (Wildman–Crippen LogP) is 3.20. The fourth-order valence-electron chi connectivity index (χ4n) is 1.98. The van der Waals surface area contributed by atoms with Gasteiger partial charge >= 0.3 is 0 Å². The largest absolute Gasteiger partial charge is 0.508 e. The van der Waals surface area contributed by atoms with E-state index in [0.29, 0.717) is 16.3 Å². The summed E-state index contributed by atoms with van der Waals surface area (Å²) in [7, 11) is 0. The van der Waals surface area contributed by atoms with Gasteiger partial charge in [0.15, 0.2) is 5.78 Å². The maximum Gasteiger partial charge on any atom is 0.163 e. The van der Waals surface area contributed by atoms with E-state index in [1.54, 1.807) is 13.0 Å². The summed E-state index contributed by atoms with van der Waals surface area (Å²) in [6.07, 6.45) is 0. The summed E-state index contributed by atoms with van der Waals surface area (Å²) in [6.45, 7) is 3.08. The quantitative estimate of drug-likeness (QED) is 0.746. The molecule has 16 heavy (non-hydrogen) atoms. The third kappa shape index (κ3) is 1.54. The molecule has 0 aliphatic heterocycles. The third-order valence-electron chi connectivity index (χ3n) is 2.60. The van der Waals surface area contributed by atoms with Crippen molar-refractivity contribution in [3.05, 3.63) is 41.2 Å². The van der Waals surface area contributed by atoms with Gasteiger partial charge in [-0.3, -0.25) is 4.79 Å². The second-order valence-corrected chi connectivity index (χ2v) is 3.84. The number of rotatable bonds is 1. The minimum atomic E-state index is -0.520. The predicted molar refractivity (Wildman–Crippen MR) is 60.3 cm³/mol. The maximum absolute atomic E-state index is 13.6. The van der Waals surface area contributed by atoms with Crippen molar-refractivity contribution in [1.29, 1.82) is 0 Å². The summed E-state index contributed by atoms with van der Waals surface area (Å²) >= 11 is 0. The molecule has 0 spiro atoms. The summed E-state index contributed by atoms with van der Waals surface area (Å²) in [6, 6.07) is 5.85. The van der Waals surface area contributed by atoms with Crippen molar-refractivity contribution in [2.75, 3.05) is 0 Å². The van der Waals surface area contributed by atoms with Crippen LogP contribution in [0.2, 0.25) is 0 Å². The molecule has 0 saturated carbocycles. The van der Waals surface area contributed by atoms with Crippen molar-refractivity contribution in [1.82, 2.24) is 0 Å². The molecule has 0 unspecified atom stereocenters. The highest BCUT2D eigenvalue weighted by Gasteiger charge is 2.14. The highest BCUT2D eigenvalue weighted by Crippen LogP contribution is 2.29. The number of aromatic hydroxyl groups is 1. The molecular formula is C13H11FO2. The van der Waals surface area contributed by atoms with E-state index in [2.05, 4.69) is 0 Å². The van der Waals surface area contributed by atoms with Crippen LogP contribution in [0.15, 0.2) is 24.3 Å². The molecule has 0 amide bonds. The number of carbonyl (C=O) groups excluding carboxylic acids is 1. The molecule has 0 fully saturated rings. The molecule has 0 radical (unpaired) electrons. The average Bonchev–Trinajstić information content (AvgIpc) is 2.18. The number of hydrogen-bond donors (Lipinski definition) is 1. The fourth-order valence-corrected chi connectivity index (χ4v) is 1.98. The molecule has 0 aliphatic carbocycles. The SMILES string of the molecule is CC(=O)c1c(F)ccc2cc(O)cc(C)c12. The Kier molecular flexibility index (Phi) is 2.38. The van der Waals surface area contributed by atoms with Gasteiger partial charge in [0, 0.05) is 0 Å². The zero-order valence-electron chi connectivity index (χ0n) is 9.04. The lowest BCUT2D eigenvalue weighted by molar-refractivity contribution is 0.101. The van der Waals surface area contributed by atoms with Crippen LogP contribution in [-0.4, -0.2) is 10.9 Å². The Morgan fingerprint density at radius 1 is 1.31 bits per heavy atom. The number of phenols is 1. The van der Waals surface area contributed by atoms with Crippen LogP contribution in [0.5, 0.6) is 5.75 Å². The van der Waals surface area contributed by atoms with Gasteiger partial charge in [-0.15, -0.1) is 0 Å². The number of carbonyl (C=O) groups is 1. The van der Waals surface area contributed by atoms with E-state index in [0.717, 1.165) is 0 Å². The zero-order chi connectivity index (χ0) is 11.9. The molecule has 2 rings (SSSR count). The molecule has 2 aromatic carbocycles. The smallest absolute Gasteiger partial charge is 0.163 e. The first-order chi connectivity index (χ1) is 7.50. The fraction of sp³-hybridized carbons (Fsp3) is 0.154. The second kappa shape index (κ2) is 3.59. The second-order valence-electron chi connectivity index (χ2n) is 3.84. The normalized spacial score (nSPS) is 10.7. The topological polar surface area (TPSA) is 37.3 Å². The maximum atomic E-state index is 13.6. The molecule has 0 saturated heterocycles. The van der Waals surface area contributed by atoms with Crippen molar-refractivity contribution >= 4 is 16.6 Å². The zero-order valence-corrected chi connectivity index (χ0v) is 9.04. The van der Waals surface area contributed by atoms with Gasteiger partial charge in [0.2, 0.25) is 0 Å². The molecule has 1 N–H and O–H groups in total. The number of fused-ring (bicyclic) bond motifs is 1. The standard InChI is InChI=1S/C13H11FO2/c1-7-5-10(16)6-9-3-4-11(14)13(8(2)15)12(7)9/h3-6,16H,1-2H3. The Balaban J connectivity index is 2.97. The molecule has 0 aromatic heterocycles. The minimum absolute atomic E-state index is 0.0926. The molecule has 0 heterocycles. The van der Waals surface area contributed by atoms with Crippen LogP contribution >= 0.6 is 0 Å². The van der Waals surface area contributed by atoms with E-state index in [1.807, 2.05) is 0 Å². The summed E-state index contributed by atoms with van der Waals surface area (Å²) in [5.74, 6) is -0.711. The number of phenolic OH excluding ortho intramolecular Hbond substituents is 1. The van der Waals surface area contributed by atoms with Crippen molar-refractivity contribution < 1.29 is 14.3 Å². The van der Waals surface area contributed by atoms with Gasteiger partial charge in [-0.2, -0.15) is 0 Å². The van der Waals surface area contributed by atoms with E-state index in [9.17, 15) is 14.3 Å². The van der Waals surface area contributed by atoms with Gasteiger partial charge in [-0.05, 0) is 48.4 Å². The monoisotopic (exact) mass is 218 g/mol. The Bertz CT molecular complexity index is 588. The van der Waals surface area contributed by atoms with Gasteiger partial charge in [-0.25, -0.2) is 4.39 Å². The van der Waals surface area contributed by atoms with Gasteiger partial charge in [0.25, 0.3) is 0 Å². The van der Waals surface area contributed by atoms with E-state index < -0.39 is 5.82 Å². The van der Waals surface area contributed by atoms with E-state index in [4.69, 9.17) is 0 Å². The van der Waals surface area contributed by atoms with Crippen molar-refractivity contribution in [2.45, 2.75) is 13.8 Å². The molecule has 3 heteroatoms. The van der Waals surface area contributed by atoms with Crippen LogP contribution in [0.3, 0.4) is 0 Å². The molecule has 0 atom stereocenters. The number of ketones is 1. The summed E-state index contributed by atoms with van der Waals surface area (Å²) in [5, 5.41) is 10.7. The Hall–Kier alpha value is -1.90. The van der Waals surface area contributed by atoms with Crippen LogP contribution in [0, 0.1) is 12.7 Å². The van der Waals surface area contributed by atoms with Crippen LogP contribution in [-0.2, 0) is 0 Å². The lowest BCUT2D eigenvalue weighted by atomic mass is 9.97. The van der Waals surface area contributed by atoms with Crippen LogP contribution in [0.4, 0.5) is 4.39 Å². The van der Waals surface area contributed by atoms with E-state index in [1.165, 1.54) is 25.1 Å². The van der Waals surface area contributed by atoms with Crippen molar-refractivity contribution in [3.63, 3.8) is 0 Å². The molecular weight excluding hydrogens is 207 g/mol. The number of aryl methyl sites for hydroxylation is 1. The van der Waals surface area contributed by atoms with E-state index >= 15 is 0 Å². The first-order valence-electron chi connectivity index (χ1n) is 4.93. The summed E-state index contributed by atoms with van der Waals surface area (Å²) in [5.41, 5.74) is 0.787. The molecule has 2 aromatic rings. The number of halogens is 1. The first-order valence-corrected chi connectivity index (χ1v) is 4.93. The van der Waals surface area contributed by atoms with E-state index in [-0.39, 0.29) is 17.1 Å². The summed E-state index contributed by atoms with van der Waals surface area (Å²) in [4.78, 5) is 11.4. The van der Waals surface area contributed by atoms with Crippen molar-refractivity contribution in [3.8, 4) is 5.75 Å². The van der Waals surface area contributed by atoms with Gasteiger partial charge in [0.05, 0.1) is 5.56 Å². The highest BCUT2D eigenvalue weighted by atomic mass is 19.1. The van der Waals surface area contributed by atoms with Crippen LogP contribution in [0.25, 0.3) is 10.8 Å². The number of benzene rings is 2. The Morgan fingerprint density at radius 3 is 2.62 bits per heavy atom. The minimum Gasteiger partial charge on any atom is -0.508 e.